The fraction of sp³-hybridized carbons (Fsp3) is 0.400. The number of benzene rings is 1. The van der Waals surface area contributed by atoms with E-state index in [0.29, 0.717) is 5.46 Å². The molecule has 76 valence electrons. The molecule has 0 heterocycles. The van der Waals surface area contributed by atoms with Crippen molar-refractivity contribution in [1.82, 2.24) is 0 Å². The molecule has 0 aliphatic rings. The summed E-state index contributed by atoms with van der Waals surface area (Å²) in [6.07, 6.45) is 3.06. The first-order valence-corrected chi connectivity index (χ1v) is 5.59. The van der Waals surface area contributed by atoms with Crippen molar-refractivity contribution in [3.8, 4) is 0 Å². The first kappa shape index (κ1) is 11.8. The number of hydrogen-bond acceptors (Lipinski definition) is 2. The SMILES string of the molecule is CCCCc1cc(Br)ccc1B(O)O. The van der Waals surface area contributed by atoms with Gasteiger partial charge >= 0.3 is 7.12 Å². The topological polar surface area (TPSA) is 40.5 Å². The molecule has 0 atom stereocenters. The smallest absolute Gasteiger partial charge is 0.423 e. The minimum absolute atomic E-state index is 0.613. The Labute approximate surface area is 93.2 Å². The lowest BCUT2D eigenvalue weighted by atomic mass is 9.76. The van der Waals surface area contributed by atoms with Crippen LogP contribution < -0.4 is 5.46 Å². The Morgan fingerprint density at radius 3 is 2.64 bits per heavy atom. The quantitative estimate of drug-likeness (QED) is 0.802. The van der Waals surface area contributed by atoms with Gasteiger partial charge in [0.25, 0.3) is 0 Å². The minimum atomic E-state index is -1.37. The summed E-state index contributed by atoms with van der Waals surface area (Å²) in [7, 11) is -1.37. The monoisotopic (exact) mass is 256 g/mol. The van der Waals surface area contributed by atoms with Crippen LogP contribution >= 0.6 is 15.9 Å². The van der Waals surface area contributed by atoms with Gasteiger partial charge in [0.05, 0.1) is 0 Å². The Balaban J connectivity index is 2.91. The third-order valence-electron chi connectivity index (χ3n) is 2.18. The van der Waals surface area contributed by atoms with Crippen molar-refractivity contribution in [3.05, 3.63) is 28.2 Å². The average Bonchev–Trinajstić information content (AvgIpc) is 2.14. The van der Waals surface area contributed by atoms with E-state index in [4.69, 9.17) is 10.0 Å². The standard InChI is InChI=1S/C10H14BBrO2/c1-2-3-4-8-7-9(12)5-6-10(8)11(13)14/h5-7,13-14H,2-4H2,1H3. The van der Waals surface area contributed by atoms with Gasteiger partial charge in [-0.1, -0.05) is 35.3 Å². The Kier molecular flexibility index (Phi) is 4.65. The van der Waals surface area contributed by atoms with E-state index in [1.807, 2.05) is 12.1 Å². The summed E-state index contributed by atoms with van der Waals surface area (Å²) in [4.78, 5) is 0. The number of unbranched alkanes of at least 4 members (excludes halogenated alkanes) is 1. The van der Waals surface area contributed by atoms with Gasteiger partial charge in [-0.25, -0.2) is 0 Å². The van der Waals surface area contributed by atoms with E-state index in [2.05, 4.69) is 22.9 Å². The van der Waals surface area contributed by atoms with E-state index in [-0.39, 0.29) is 0 Å². The fourth-order valence-corrected chi connectivity index (χ4v) is 1.82. The number of rotatable bonds is 4. The number of halogens is 1. The molecule has 1 rings (SSSR count). The molecule has 0 amide bonds. The molecule has 0 spiro atoms. The van der Waals surface area contributed by atoms with Crippen molar-refractivity contribution < 1.29 is 10.0 Å². The molecule has 2 nitrogen and oxygen atoms in total. The molecular weight excluding hydrogens is 243 g/mol. The van der Waals surface area contributed by atoms with Gasteiger partial charge in [-0.15, -0.1) is 0 Å². The summed E-state index contributed by atoms with van der Waals surface area (Å²) in [6.45, 7) is 2.12. The van der Waals surface area contributed by atoms with Crippen LogP contribution in [-0.4, -0.2) is 17.2 Å². The van der Waals surface area contributed by atoms with Crippen LogP contribution in [0.3, 0.4) is 0 Å². The molecule has 1 aromatic rings. The lowest BCUT2D eigenvalue weighted by Crippen LogP contribution is -2.33. The Morgan fingerprint density at radius 2 is 2.07 bits per heavy atom. The van der Waals surface area contributed by atoms with Crippen molar-refractivity contribution >= 4 is 28.5 Å². The molecule has 1 aromatic carbocycles. The van der Waals surface area contributed by atoms with Crippen molar-refractivity contribution in [3.63, 3.8) is 0 Å². The summed E-state index contributed by atoms with van der Waals surface area (Å²) < 4.78 is 0.980. The first-order valence-electron chi connectivity index (χ1n) is 4.79. The lowest BCUT2D eigenvalue weighted by Gasteiger charge is -2.08. The number of aryl methyl sites for hydroxylation is 1. The molecule has 0 radical (unpaired) electrons. The molecule has 0 aliphatic carbocycles. The number of hydrogen-bond donors (Lipinski definition) is 2. The van der Waals surface area contributed by atoms with E-state index >= 15 is 0 Å². The van der Waals surface area contributed by atoms with Crippen LogP contribution in [0.2, 0.25) is 0 Å². The zero-order valence-corrected chi connectivity index (χ0v) is 9.79. The van der Waals surface area contributed by atoms with Crippen molar-refractivity contribution in [2.75, 3.05) is 0 Å². The fourth-order valence-electron chi connectivity index (χ4n) is 1.41. The molecule has 0 saturated heterocycles. The summed E-state index contributed by atoms with van der Waals surface area (Å²) in [5.41, 5.74) is 1.62. The Morgan fingerprint density at radius 1 is 1.36 bits per heavy atom. The Hall–Kier alpha value is -0.315. The van der Waals surface area contributed by atoms with E-state index < -0.39 is 7.12 Å². The molecule has 0 aliphatic heterocycles. The van der Waals surface area contributed by atoms with Gasteiger partial charge in [0.2, 0.25) is 0 Å². The Bertz CT molecular complexity index is 302. The third kappa shape index (κ3) is 3.12. The van der Waals surface area contributed by atoms with E-state index in [1.165, 1.54) is 0 Å². The molecule has 4 heteroatoms. The predicted octanol–water partition coefficient (Wildman–Crippen LogP) is 1.47. The predicted molar refractivity (Wildman–Crippen MR) is 62.6 cm³/mol. The van der Waals surface area contributed by atoms with Crippen LogP contribution in [0.5, 0.6) is 0 Å². The molecule has 0 bridgehead atoms. The van der Waals surface area contributed by atoms with Crippen LogP contribution in [0.4, 0.5) is 0 Å². The molecule has 0 aromatic heterocycles. The van der Waals surface area contributed by atoms with Gasteiger partial charge in [-0.05, 0) is 36.0 Å². The van der Waals surface area contributed by atoms with Crippen LogP contribution in [0, 0.1) is 0 Å². The molecule has 0 saturated carbocycles. The van der Waals surface area contributed by atoms with Crippen LogP contribution in [0.1, 0.15) is 25.3 Å². The normalized spacial score (nSPS) is 10.3. The van der Waals surface area contributed by atoms with Crippen LogP contribution in [0.15, 0.2) is 22.7 Å². The summed E-state index contributed by atoms with van der Waals surface area (Å²) in [5.74, 6) is 0. The van der Waals surface area contributed by atoms with E-state index in [0.717, 1.165) is 29.3 Å². The van der Waals surface area contributed by atoms with Crippen molar-refractivity contribution in [2.24, 2.45) is 0 Å². The highest BCUT2D eigenvalue weighted by molar-refractivity contribution is 9.10. The lowest BCUT2D eigenvalue weighted by molar-refractivity contribution is 0.425. The zero-order valence-electron chi connectivity index (χ0n) is 8.20. The molecular formula is C10H14BBrO2. The highest BCUT2D eigenvalue weighted by Crippen LogP contribution is 2.12. The second kappa shape index (κ2) is 5.54. The van der Waals surface area contributed by atoms with E-state index in [1.54, 1.807) is 6.07 Å². The van der Waals surface area contributed by atoms with Crippen LogP contribution in [-0.2, 0) is 6.42 Å². The molecule has 14 heavy (non-hydrogen) atoms. The highest BCUT2D eigenvalue weighted by atomic mass is 79.9. The van der Waals surface area contributed by atoms with Gasteiger partial charge in [0.1, 0.15) is 0 Å². The van der Waals surface area contributed by atoms with Gasteiger partial charge in [0, 0.05) is 4.47 Å². The largest absolute Gasteiger partial charge is 0.488 e. The summed E-state index contributed by atoms with van der Waals surface area (Å²) in [5, 5.41) is 18.3. The highest BCUT2D eigenvalue weighted by Gasteiger charge is 2.15. The molecule has 0 fully saturated rings. The second-order valence-electron chi connectivity index (χ2n) is 3.32. The zero-order chi connectivity index (χ0) is 10.6. The van der Waals surface area contributed by atoms with Crippen molar-refractivity contribution in [2.45, 2.75) is 26.2 Å². The van der Waals surface area contributed by atoms with Gasteiger partial charge in [-0.3, -0.25) is 0 Å². The first-order chi connectivity index (χ1) is 6.65. The minimum Gasteiger partial charge on any atom is -0.423 e. The van der Waals surface area contributed by atoms with Gasteiger partial charge < -0.3 is 10.0 Å². The van der Waals surface area contributed by atoms with E-state index in [9.17, 15) is 0 Å². The van der Waals surface area contributed by atoms with Crippen LogP contribution in [0.25, 0.3) is 0 Å². The summed E-state index contributed by atoms with van der Waals surface area (Å²) in [6, 6.07) is 5.52. The van der Waals surface area contributed by atoms with Gasteiger partial charge in [0.15, 0.2) is 0 Å². The molecule has 2 N–H and O–H groups in total. The van der Waals surface area contributed by atoms with Crippen molar-refractivity contribution in [1.29, 1.82) is 0 Å². The maximum Gasteiger partial charge on any atom is 0.488 e. The maximum absolute atomic E-state index is 9.14. The molecule has 0 unspecified atom stereocenters. The average molecular weight is 257 g/mol. The summed E-state index contributed by atoms with van der Waals surface area (Å²) >= 11 is 3.37. The maximum atomic E-state index is 9.14. The second-order valence-corrected chi connectivity index (χ2v) is 4.24. The third-order valence-corrected chi connectivity index (χ3v) is 2.68. The van der Waals surface area contributed by atoms with Gasteiger partial charge in [-0.2, -0.15) is 0 Å².